The van der Waals surface area contributed by atoms with Gasteiger partial charge in [0.1, 0.15) is 10.9 Å². The molecule has 1 heterocycles. The number of thioether (sulfide) groups is 1. The van der Waals surface area contributed by atoms with Crippen LogP contribution in [-0.2, 0) is 14.3 Å². The average molecular weight is 410 g/mol. The van der Waals surface area contributed by atoms with Gasteiger partial charge in [0.05, 0.1) is 24.2 Å². The van der Waals surface area contributed by atoms with Gasteiger partial charge in [0.2, 0.25) is 0 Å². The fourth-order valence-electron chi connectivity index (χ4n) is 2.37. The van der Waals surface area contributed by atoms with Crippen LogP contribution in [-0.4, -0.2) is 47.0 Å². The summed E-state index contributed by atoms with van der Waals surface area (Å²) in [6, 6.07) is 5.46. The van der Waals surface area contributed by atoms with Gasteiger partial charge in [-0.1, -0.05) is 30.0 Å². The molecule has 2 rings (SSSR count). The summed E-state index contributed by atoms with van der Waals surface area (Å²) in [7, 11) is 0. The highest BCUT2D eigenvalue weighted by atomic mass is 32.2. The first-order valence-corrected chi connectivity index (χ1v) is 9.92. The molecular weight excluding hydrogens is 386 g/mol. The van der Waals surface area contributed by atoms with Crippen LogP contribution in [0.3, 0.4) is 0 Å². The molecule has 0 N–H and O–H groups in total. The summed E-state index contributed by atoms with van der Waals surface area (Å²) in [5.74, 6) is 0.476. The Labute approximate surface area is 168 Å². The van der Waals surface area contributed by atoms with Crippen molar-refractivity contribution in [3.05, 3.63) is 28.7 Å². The Morgan fingerprint density at radius 2 is 1.89 bits per heavy atom. The third-order valence-corrected chi connectivity index (χ3v) is 4.77. The second-order valence-electron chi connectivity index (χ2n) is 5.88. The Bertz CT molecular complexity index is 760. The van der Waals surface area contributed by atoms with Crippen LogP contribution in [0.2, 0.25) is 0 Å². The van der Waals surface area contributed by atoms with Crippen LogP contribution in [0.5, 0.6) is 11.5 Å². The molecule has 0 bridgehead atoms. The van der Waals surface area contributed by atoms with Gasteiger partial charge in [-0.25, -0.2) is 0 Å². The molecule has 27 heavy (non-hydrogen) atoms. The maximum Gasteiger partial charge on any atom is 0.326 e. The SMILES string of the molecule is CCOc1ccc(/C=C2\SC(=S)N(CC(=O)OC(C)C)C2=O)cc1OCC. The molecule has 6 nitrogen and oxygen atoms in total. The topological polar surface area (TPSA) is 65.1 Å². The molecular formula is C19H23NO5S2. The minimum Gasteiger partial charge on any atom is -0.490 e. The van der Waals surface area contributed by atoms with E-state index in [1.54, 1.807) is 26.0 Å². The Morgan fingerprint density at radius 3 is 2.52 bits per heavy atom. The van der Waals surface area contributed by atoms with E-state index in [4.69, 9.17) is 26.4 Å². The van der Waals surface area contributed by atoms with E-state index in [1.165, 1.54) is 4.90 Å². The molecule has 1 aromatic carbocycles. The number of nitrogens with zero attached hydrogens (tertiary/aromatic N) is 1. The summed E-state index contributed by atoms with van der Waals surface area (Å²) < 4.78 is 16.6. The number of thiocarbonyl (C=S) groups is 1. The van der Waals surface area contributed by atoms with E-state index in [-0.39, 0.29) is 18.6 Å². The third kappa shape index (κ3) is 5.71. The minimum absolute atomic E-state index is 0.187. The number of hydrogen-bond acceptors (Lipinski definition) is 7. The molecule has 0 aliphatic carbocycles. The van der Waals surface area contributed by atoms with E-state index < -0.39 is 5.97 Å². The number of rotatable bonds is 8. The summed E-state index contributed by atoms with van der Waals surface area (Å²) in [5.41, 5.74) is 0.784. The predicted molar refractivity (Wildman–Crippen MR) is 110 cm³/mol. The molecule has 146 valence electrons. The largest absolute Gasteiger partial charge is 0.490 e. The third-order valence-electron chi connectivity index (χ3n) is 3.39. The van der Waals surface area contributed by atoms with Gasteiger partial charge in [0.25, 0.3) is 5.91 Å². The first kappa shape index (κ1) is 21.2. The number of hydrogen-bond donors (Lipinski definition) is 0. The summed E-state index contributed by atoms with van der Waals surface area (Å²) in [6.07, 6.45) is 1.48. The fourth-order valence-corrected chi connectivity index (χ4v) is 3.63. The van der Waals surface area contributed by atoms with Gasteiger partial charge >= 0.3 is 5.97 Å². The van der Waals surface area contributed by atoms with Crippen molar-refractivity contribution in [2.24, 2.45) is 0 Å². The summed E-state index contributed by atoms with van der Waals surface area (Å²) >= 11 is 6.40. The number of carbonyl (C=O) groups is 2. The zero-order chi connectivity index (χ0) is 20.0. The van der Waals surface area contributed by atoms with Crippen molar-refractivity contribution in [2.75, 3.05) is 19.8 Å². The highest BCUT2D eigenvalue weighted by Gasteiger charge is 2.34. The molecule has 0 spiro atoms. The van der Waals surface area contributed by atoms with E-state index in [9.17, 15) is 9.59 Å². The van der Waals surface area contributed by atoms with Gasteiger partial charge in [-0.05, 0) is 51.5 Å². The first-order chi connectivity index (χ1) is 12.8. The number of amides is 1. The molecule has 1 saturated heterocycles. The smallest absolute Gasteiger partial charge is 0.326 e. The zero-order valence-corrected chi connectivity index (χ0v) is 17.4. The van der Waals surface area contributed by atoms with Gasteiger partial charge in [-0.15, -0.1) is 0 Å². The van der Waals surface area contributed by atoms with Gasteiger partial charge in [0.15, 0.2) is 11.5 Å². The Hall–Kier alpha value is -2.06. The lowest BCUT2D eigenvalue weighted by Crippen LogP contribution is -2.35. The van der Waals surface area contributed by atoms with Crippen LogP contribution in [0, 0.1) is 0 Å². The van der Waals surface area contributed by atoms with E-state index >= 15 is 0 Å². The fraction of sp³-hybridized carbons (Fsp3) is 0.421. The number of benzene rings is 1. The van der Waals surface area contributed by atoms with Crippen molar-refractivity contribution < 1.29 is 23.8 Å². The molecule has 8 heteroatoms. The van der Waals surface area contributed by atoms with Crippen molar-refractivity contribution in [1.29, 1.82) is 0 Å². The lowest BCUT2D eigenvalue weighted by molar-refractivity contribution is -0.149. The molecule has 0 unspecified atom stereocenters. The molecule has 0 atom stereocenters. The highest BCUT2D eigenvalue weighted by molar-refractivity contribution is 8.26. The second-order valence-corrected chi connectivity index (χ2v) is 7.55. The average Bonchev–Trinajstić information content (AvgIpc) is 2.84. The highest BCUT2D eigenvalue weighted by Crippen LogP contribution is 2.34. The lowest BCUT2D eigenvalue weighted by atomic mass is 10.2. The van der Waals surface area contributed by atoms with E-state index in [0.717, 1.165) is 17.3 Å². The minimum atomic E-state index is -0.484. The van der Waals surface area contributed by atoms with Gasteiger partial charge < -0.3 is 14.2 Å². The Morgan fingerprint density at radius 1 is 1.22 bits per heavy atom. The standard InChI is InChI=1S/C19H23NO5S2/c1-5-23-14-8-7-13(9-15(14)24-6-2)10-16-18(22)20(19(26)27-16)11-17(21)25-12(3)4/h7-10,12H,5-6,11H2,1-4H3/b16-10-. The molecule has 1 fully saturated rings. The molecule has 0 radical (unpaired) electrons. The molecule has 0 saturated carbocycles. The monoisotopic (exact) mass is 409 g/mol. The van der Waals surface area contributed by atoms with Gasteiger partial charge in [-0.2, -0.15) is 0 Å². The Kier molecular flexibility index (Phi) is 7.67. The second kappa shape index (κ2) is 9.75. The zero-order valence-electron chi connectivity index (χ0n) is 15.8. The molecule has 1 aliphatic heterocycles. The van der Waals surface area contributed by atoms with Crippen LogP contribution >= 0.6 is 24.0 Å². The molecule has 1 amide bonds. The van der Waals surface area contributed by atoms with Crippen LogP contribution in [0.25, 0.3) is 6.08 Å². The number of carbonyl (C=O) groups excluding carboxylic acids is 2. The van der Waals surface area contributed by atoms with Crippen molar-refractivity contribution in [2.45, 2.75) is 33.8 Å². The van der Waals surface area contributed by atoms with Gasteiger partial charge in [-0.3, -0.25) is 14.5 Å². The van der Waals surface area contributed by atoms with Crippen molar-refractivity contribution in [3.8, 4) is 11.5 Å². The maximum atomic E-state index is 12.6. The normalized spacial score (nSPS) is 15.6. The first-order valence-electron chi connectivity index (χ1n) is 8.70. The number of ether oxygens (including phenoxy) is 3. The molecule has 1 aliphatic rings. The van der Waals surface area contributed by atoms with E-state index in [1.807, 2.05) is 26.0 Å². The Balaban J connectivity index is 2.19. The van der Waals surface area contributed by atoms with Crippen LogP contribution in [0.4, 0.5) is 0 Å². The van der Waals surface area contributed by atoms with Crippen LogP contribution in [0.1, 0.15) is 33.3 Å². The summed E-state index contributed by atoms with van der Waals surface area (Å²) in [6.45, 7) is 8.15. The van der Waals surface area contributed by atoms with Crippen molar-refractivity contribution >= 4 is 46.3 Å². The van der Waals surface area contributed by atoms with E-state index in [0.29, 0.717) is 33.9 Å². The summed E-state index contributed by atoms with van der Waals surface area (Å²) in [5, 5.41) is 0. The van der Waals surface area contributed by atoms with E-state index in [2.05, 4.69) is 0 Å². The quantitative estimate of drug-likeness (QED) is 0.369. The lowest BCUT2D eigenvalue weighted by Gasteiger charge is -2.15. The predicted octanol–water partition coefficient (Wildman–Crippen LogP) is 3.64. The molecule has 0 aromatic heterocycles. The number of esters is 1. The molecule has 1 aromatic rings. The van der Waals surface area contributed by atoms with Crippen LogP contribution in [0.15, 0.2) is 23.1 Å². The maximum absolute atomic E-state index is 12.6. The van der Waals surface area contributed by atoms with Crippen LogP contribution < -0.4 is 9.47 Å². The van der Waals surface area contributed by atoms with Gasteiger partial charge in [0, 0.05) is 0 Å². The van der Waals surface area contributed by atoms with Crippen molar-refractivity contribution in [3.63, 3.8) is 0 Å². The summed E-state index contributed by atoms with van der Waals surface area (Å²) in [4.78, 5) is 26.2. The van der Waals surface area contributed by atoms with Crippen molar-refractivity contribution in [1.82, 2.24) is 4.90 Å².